The molecular formula is C11H11N3O2. The predicted octanol–water partition coefficient (Wildman–Crippen LogP) is 1.52. The lowest BCUT2D eigenvalue weighted by atomic mass is 10.2. The van der Waals surface area contributed by atoms with Crippen molar-refractivity contribution in [2.75, 3.05) is 5.73 Å². The monoisotopic (exact) mass is 217 g/mol. The van der Waals surface area contributed by atoms with Crippen LogP contribution in [0.3, 0.4) is 0 Å². The Morgan fingerprint density at radius 2 is 2.19 bits per heavy atom. The van der Waals surface area contributed by atoms with Gasteiger partial charge < -0.3 is 15.5 Å². The molecule has 5 nitrogen and oxygen atoms in total. The van der Waals surface area contributed by atoms with Crippen molar-refractivity contribution in [1.29, 1.82) is 0 Å². The number of benzene rings is 1. The van der Waals surface area contributed by atoms with Crippen LogP contribution in [0.4, 0.5) is 5.82 Å². The Morgan fingerprint density at radius 3 is 2.81 bits per heavy atom. The summed E-state index contributed by atoms with van der Waals surface area (Å²) in [5.41, 5.74) is 6.54. The van der Waals surface area contributed by atoms with Crippen molar-refractivity contribution in [2.45, 2.75) is 6.92 Å². The third-order valence-electron chi connectivity index (χ3n) is 2.17. The van der Waals surface area contributed by atoms with Crippen molar-refractivity contribution >= 4 is 11.8 Å². The number of aromatic amines is 1. The highest BCUT2D eigenvalue weighted by Gasteiger charge is 2.15. The van der Waals surface area contributed by atoms with Gasteiger partial charge in [0.1, 0.15) is 5.75 Å². The number of carbonyl (C=O) groups excluding carboxylic acids is 1. The number of nitrogens with zero attached hydrogens (tertiary/aromatic N) is 1. The number of nitrogens with two attached hydrogens (primary N) is 1. The van der Waals surface area contributed by atoms with Gasteiger partial charge in [-0.25, -0.2) is 9.78 Å². The van der Waals surface area contributed by atoms with Crippen LogP contribution in [0.25, 0.3) is 0 Å². The quantitative estimate of drug-likeness (QED) is 0.590. The standard InChI is InChI=1S/C11H11N3O2/c1-7-4-2-3-5-8(7)16-11(15)9-10(12)14-6-13-9/h2-6H,12H2,1H3,(H,13,14). The molecule has 3 N–H and O–H groups in total. The van der Waals surface area contributed by atoms with E-state index in [-0.39, 0.29) is 11.5 Å². The van der Waals surface area contributed by atoms with Crippen LogP contribution < -0.4 is 10.5 Å². The van der Waals surface area contributed by atoms with E-state index in [0.29, 0.717) is 5.75 Å². The van der Waals surface area contributed by atoms with Crippen LogP contribution in [0.1, 0.15) is 16.1 Å². The summed E-state index contributed by atoms with van der Waals surface area (Å²) in [6, 6.07) is 7.25. The number of hydrogen-bond donors (Lipinski definition) is 2. The van der Waals surface area contributed by atoms with E-state index in [1.807, 2.05) is 19.1 Å². The second-order valence-electron chi connectivity index (χ2n) is 3.32. The zero-order chi connectivity index (χ0) is 11.5. The number of rotatable bonds is 2. The Balaban J connectivity index is 2.21. The minimum Gasteiger partial charge on any atom is -0.421 e. The van der Waals surface area contributed by atoms with Gasteiger partial charge in [0.2, 0.25) is 0 Å². The first-order valence-electron chi connectivity index (χ1n) is 4.75. The van der Waals surface area contributed by atoms with Crippen molar-refractivity contribution in [2.24, 2.45) is 0 Å². The predicted molar refractivity (Wildman–Crippen MR) is 59.1 cm³/mol. The molecule has 0 bridgehead atoms. The number of ether oxygens (including phenoxy) is 1. The molecule has 0 aliphatic rings. The summed E-state index contributed by atoms with van der Waals surface area (Å²) in [5, 5.41) is 0. The number of imidazole rings is 1. The van der Waals surface area contributed by atoms with E-state index >= 15 is 0 Å². The number of H-pyrrole nitrogens is 1. The molecule has 0 aliphatic heterocycles. The van der Waals surface area contributed by atoms with Crippen molar-refractivity contribution in [3.05, 3.63) is 41.9 Å². The van der Waals surface area contributed by atoms with E-state index in [4.69, 9.17) is 10.5 Å². The Morgan fingerprint density at radius 1 is 1.44 bits per heavy atom. The number of anilines is 1. The largest absolute Gasteiger partial charge is 0.421 e. The maximum absolute atomic E-state index is 11.7. The molecular weight excluding hydrogens is 206 g/mol. The van der Waals surface area contributed by atoms with Gasteiger partial charge >= 0.3 is 5.97 Å². The normalized spacial score (nSPS) is 10.1. The summed E-state index contributed by atoms with van der Waals surface area (Å²) in [6.45, 7) is 1.86. The van der Waals surface area contributed by atoms with E-state index in [0.717, 1.165) is 5.56 Å². The molecule has 0 amide bonds. The number of nitrogen functional groups attached to an aromatic ring is 1. The molecule has 0 spiro atoms. The lowest BCUT2D eigenvalue weighted by molar-refractivity contribution is 0.0729. The SMILES string of the molecule is Cc1ccccc1OC(=O)c1[nH]cnc1N. The lowest BCUT2D eigenvalue weighted by Gasteiger charge is -2.05. The maximum atomic E-state index is 11.7. The Labute approximate surface area is 92.3 Å². The van der Waals surface area contributed by atoms with Gasteiger partial charge in [0.15, 0.2) is 11.5 Å². The molecule has 16 heavy (non-hydrogen) atoms. The molecule has 0 saturated heterocycles. The number of aryl methyl sites for hydroxylation is 1. The summed E-state index contributed by atoms with van der Waals surface area (Å²) in [4.78, 5) is 18.0. The number of para-hydroxylation sites is 1. The second kappa shape index (κ2) is 4.06. The smallest absolute Gasteiger partial charge is 0.364 e. The summed E-state index contributed by atoms with van der Waals surface area (Å²) in [5.74, 6) is 0.115. The Bertz CT molecular complexity index is 519. The minimum absolute atomic E-state index is 0.138. The van der Waals surface area contributed by atoms with Crippen LogP contribution in [-0.4, -0.2) is 15.9 Å². The van der Waals surface area contributed by atoms with E-state index in [1.165, 1.54) is 6.33 Å². The molecule has 2 aromatic rings. The number of esters is 1. The van der Waals surface area contributed by atoms with Crippen LogP contribution >= 0.6 is 0 Å². The summed E-state index contributed by atoms with van der Waals surface area (Å²) in [7, 11) is 0. The van der Waals surface area contributed by atoms with Crippen molar-refractivity contribution in [3.8, 4) is 5.75 Å². The van der Waals surface area contributed by atoms with Gasteiger partial charge in [0, 0.05) is 0 Å². The molecule has 2 rings (SSSR count). The highest BCUT2D eigenvalue weighted by Crippen LogP contribution is 2.18. The molecule has 0 atom stereocenters. The van der Waals surface area contributed by atoms with E-state index in [1.54, 1.807) is 12.1 Å². The summed E-state index contributed by atoms with van der Waals surface area (Å²) >= 11 is 0. The highest BCUT2D eigenvalue weighted by atomic mass is 16.5. The van der Waals surface area contributed by atoms with Crippen LogP contribution in [-0.2, 0) is 0 Å². The Hall–Kier alpha value is -2.30. The van der Waals surface area contributed by atoms with Gasteiger partial charge in [-0.2, -0.15) is 0 Å². The molecule has 1 aromatic carbocycles. The highest BCUT2D eigenvalue weighted by molar-refractivity contribution is 5.93. The van der Waals surface area contributed by atoms with Gasteiger partial charge in [0.05, 0.1) is 6.33 Å². The molecule has 1 aromatic heterocycles. The molecule has 0 fully saturated rings. The fourth-order valence-electron chi connectivity index (χ4n) is 1.29. The van der Waals surface area contributed by atoms with E-state index in [2.05, 4.69) is 9.97 Å². The van der Waals surface area contributed by atoms with Crippen LogP contribution in [0.15, 0.2) is 30.6 Å². The average Bonchev–Trinajstić information content (AvgIpc) is 2.68. The molecule has 0 aliphatic carbocycles. The van der Waals surface area contributed by atoms with Gasteiger partial charge in [-0.1, -0.05) is 18.2 Å². The van der Waals surface area contributed by atoms with Gasteiger partial charge in [0.25, 0.3) is 0 Å². The number of aromatic nitrogens is 2. The Kier molecular flexibility index (Phi) is 2.59. The second-order valence-corrected chi connectivity index (χ2v) is 3.32. The molecule has 0 unspecified atom stereocenters. The fraction of sp³-hybridized carbons (Fsp3) is 0.0909. The third kappa shape index (κ3) is 1.88. The van der Waals surface area contributed by atoms with Crippen LogP contribution in [0.5, 0.6) is 5.75 Å². The summed E-state index contributed by atoms with van der Waals surface area (Å²) in [6.07, 6.45) is 1.35. The van der Waals surface area contributed by atoms with Crippen LogP contribution in [0.2, 0.25) is 0 Å². The first kappa shape index (κ1) is 10.2. The average molecular weight is 217 g/mol. The van der Waals surface area contributed by atoms with Crippen molar-refractivity contribution in [1.82, 2.24) is 9.97 Å². The van der Waals surface area contributed by atoms with Gasteiger partial charge in [-0.3, -0.25) is 0 Å². The van der Waals surface area contributed by atoms with Crippen LogP contribution in [0, 0.1) is 6.92 Å². The molecule has 5 heteroatoms. The van der Waals surface area contributed by atoms with Gasteiger partial charge in [-0.05, 0) is 18.6 Å². The molecule has 82 valence electrons. The minimum atomic E-state index is -0.538. The fourth-order valence-corrected chi connectivity index (χ4v) is 1.29. The van der Waals surface area contributed by atoms with Crippen molar-refractivity contribution in [3.63, 3.8) is 0 Å². The maximum Gasteiger partial charge on any atom is 0.364 e. The summed E-state index contributed by atoms with van der Waals surface area (Å²) < 4.78 is 5.18. The van der Waals surface area contributed by atoms with E-state index in [9.17, 15) is 4.79 Å². The third-order valence-corrected chi connectivity index (χ3v) is 2.17. The number of carbonyl (C=O) groups is 1. The molecule has 1 heterocycles. The zero-order valence-electron chi connectivity index (χ0n) is 8.73. The van der Waals surface area contributed by atoms with E-state index < -0.39 is 5.97 Å². The zero-order valence-corrected chi connectivity index (χ0v) is 8.73. The molecule has 0 radical (unpaired) electrons. The van der Waals surface area contributed by atoms with Gasteiger partial charge in [-0.15, -0.1) is 0 Å². The first-order chi connectivity index (χ1) is 7.68. The number of hydrogen-bond acceptors (Lipinski definition) is 4. The lowest BCUT2D eigenvalue weighted by Crippen LogP contribution is -2.11. The topological polar surface area (TPSA) is 81.0 Å². The first-order valence-corrected chi connectivity index (χ1v) is 4.75. The van der Waals surface area contributed by atoms with Crippen molar-refractivity contribution < 1.29 is 9.53 Å². The molecule has 0 saturated carbocycles. The number of nitrogens with one attached hydrogen (secondary N) is 1.